The maximum atomic E-state index is 12.5. The van der Waals surface area contributed by atoms with E-state index >= 15 is 0 Å². The first-order valence-corrected chi connectivity index (χ1v) is 7.92. The summed E-state index contributed by atoms with van der Waals surface area (Å²) in [5.41, 5.74) is 6.19. The number of nitrogens with two attached hydrogens (primary N) is 1. The predicted molar refractivity (Wildman–Crippen MR) is 83.1 cm³/mol. The lowest BCUT2D eigenvalue weighted by Gasteiger charge is -2.22. The molecule has 0 bridgehead atoms. The molecule has 118 valence electrons. The molecule has 6 nitrogen and oxygen atoms in total. The van der Waals surface area contributed by atoms with E-state index in [0.717, 1.165) is 52.1 Å². The van der Waals surface area contributed by atoms with Gasteiger partial charge in [0.25, 0.3) is 5.91 Å². The molecule has 0 spiro atoms. The highest BCUT2D eigenvalue weighted by atomic mass is 16.2. The number of aryl methyl sites for hydroxylation is 1. The molecule has 0 atom stereocenters. The monoisotopic (exact) mass is 293 g/mol. The van der Waals surface area contributed by atoms with Crippen molar-refractivity contribution in [2.75, 3.05) is 39.3 Å². The van der Waals surface area contributed by atoms with E-state index in [9.17, 15) is 4.79 Å². The second-order valence-electron chi connectivity index (χ2n) is 5.68. The van der Waals surface area contributed by atoms with Gasteiger partial charge in [0, 0.05) is 32.9 Å². The van der Waals surface area contributed by atoms with Crippen LogP contribution in [0, 0.1) is 0 Å². The van der Waals surface area contributed by atoms with Crippen molar-refractivity contribution in [1.29, 1.82) is 0 Å². The molecule has 2 N–H and O–H groups in total. The van der Waals surface area contributed by atoms with E-state index in [1.54, 1.807) is 16.9 Å². The van der Waals surface area contributed by atoms with Crippen LogP contribution in [-0.2, 0) is 7.05 Å². The molecule has 2 heterocycles. The van der Waals surface area contributed by atoms with Gasteiger partial charge in [-0.2, -0.15) is 5.10 Å². The molecule has 2 rings (SSSR count). The third-order valence-electron chi connectivity index (χ3n) is 4.09. The van der Waals surface area contributed by atoms with Crippen molar-refractivity contribution < 1.29 is 4.79 Å². The Morgan fingerprint density at radius 1 is 1.24 bits per heavy atom. The van der Waals surface area contributed by atoms with Crippen molar-refractivity contribution in [3.8, 4) is 0 Å². The molecule has 1 saturated heterocycles. The molecular formula is C15H27N5O. The number of hydrogen-bond acceptors (Lipinski definition) is 4. The van der Waals surface area contributed by atoms with Crippen LogP contribution in [0.2, 0.25) is 0 Å². The second kappa shape index (κ2) is 8.14. The summed E-state index contributed by atoms with van der Waals surface area (Å²) in [5.74, 6) is 0.0972. The first-order valence-electron chi connectivity index (χ1n) is 7.92. The molecule has 0 unspecified atom stereocenters. The standard InChI is InChI=1S/C15H27N5O/c1-18-14(6-8-17-18)15(21)20-11-5-10-19(12-13-20)9-4-2-3-7-16/h6,8H,2-5,7,9-13,16H2,1H3. The number of nitrogens with zero attached hydrogens (tertiary/aromatic N) is 4. The van der Waals surface area contributed by atoms with E-state index in [1.165, 1.54) is 12.8 Å². The van der Waals surface area contributed by atoms with Gasteiger partial charge < -0.3 is 15.5 Å². The van der Waals surface area contributed by atoms with Crippen molar-refractivity contribution in [2.24, 2.45) is 12.8 Å². The zero-order valence-electron chi connectivity index (χ0n) is 13.0. The molecule has 0 aromatic carbocycles. The lowest BCUT2D eigenvalue weighted by molar-refractivity contribution is 0.0750. The van der Waals surface area contributed by atoms with Gasteiger partial charge in [-0.25, -0.2) is 0 Å². The third kappa shape index (κ3) is 4.54. The molecule has 0 saturated carbocycles. The fourth-order valence-electron chi connectivity index (χ4n) is 2.80. The maximum Gasteiger partial charge on any atom is 0.272 e. The van der Waals surface area contributed by atoms with Crippen molar-refractivity contribution in [1.82, 2.24) is 19.6 Å². The summed E-state index contributed by atoms with van der Waals surface area (Å²) >= 11 is 0. The minimum Gasteiger partial charge on any atom is -0.336 e. The zero-order valence-corrected chi connectivity index (χ0v) is 13.0. The molecule has 1 aliphatic rings. The van der Waals surface area contributed by atoms with Crippen molar-refractivity contribution in [3.05, 3.63) is 18.0 Å². The highest BCUT2D eigenvalue weighted by Gasteiger charge is 2.21. The summed E-state index contributed by atoms with van der Waals surface area (Å²) in [6.45, 7) is 5.59. The van der Waals surface area contributed by atoms with Crippen molar-refractivity contribution in [3.63, 3.8) is 0 Å². The number of hydrogen-bond donors (Lipinski definition) is 1. The normalized spacial score (nSPS) is 17.0. The van der Waals surface area contributed by atoms with Crippen LogP contribution in [-0.4, -0.2) is 64.8 Å². The highest BCUT2D eigenvalue weighted by Crippen LogP contribution is 2.09. The Bertz CT molecular complexity index is 445. The second-order valence-corrected chi connectivity index (χ2v) is 5.68. The van der Waals surface area contributed by atoms with E-state index in [0.29, 0.717) is 5.69 Å². The predicted octanol–water partition coefficient (Wildman–Crippen LogP) is 0.697. The van der Waals surface area contributed by atoms with Crippen LogP contribution in [0.15, 0.2) is 12.3 Å². The fraction of sp³-hybridized carbons (Fsp3) is 0.733. The summed E-state index contributed by atoms with van der Waals surface area (Å²) in [6, 6.07) is 1.79. The molecule has 1 aromatic rings. The number of aromatic nitrogens is 2. The van der Waals surface area contributed by atoms with Gasteiger partial charge in [-0.3, -0.25) is 9.48 Å². The molecule has 21 heavy (non-hydrogen) atoms. The molecule has 1 fully saturated rings. The number of amides is 1. The third-order valence-corrected chi connectivity index (χ3v) is 4.09. The van der Waals surface area contributed by atoms with Gasteiger partial charge in [0.15, 0.2) is 0 Å². The molecule has 1 aliphatic heterocycles. The van der Waals surface area contributed by atoms with Crippen LogP contribution >= 0.6 is 0 Å². The van der Waals surface area contributed by atoms with Crippen LogP contribution in [0.1, 0.15) is 36.2 Å². The Morgan fingerprint density at radius 3 is 2.81 bits per heavy atom. The SMILES string of the molecule is Cn1nccc1C(=O)N1CCCN(CCCCCN)CC1. The molecular weight excluding hydrogens is 266 g/mol. The average Bonchev–Trinajstić information content (AvgIpc) is 2.77. The Balaban J connectivity index is 1.80. The lowest BCUT2D eigenvalue weighted by atomic mass is 10.2. The van der Waals surface area contributed by atoms with Crippen LogP contribution in [0.3, 0.4) is 0 Å². The number of rotatable bonds is 6. The van der Waals surface area contributed by atoms with Gasteiger partial charge >= 0.3 is 0 Å². The molecule has 1 aromatic heterocycles. The summed E-state index contributed by atoms with van der Waals surface area (Å²) in [7, 11) is 1.81. The molecule has 1 amide bonds. The smallest absolute Gasteiger partial charge is 0.272 e. The molecule has 0 radical (unpaired) electrons. The molecule has 0 aliphatic carbocycles. The van der Waals surface area contributed by atoms with Crippen LogP contribution in [0.25, 0.3) is 0 Å². The maximum absolute atomic E-state index is 12.5. The average molecular weight is 293 g/mol. The largest absolute Gasteiger partial charge is 0.336 e. The van der Waals surface area contributed by atoms with Crippen LogP contribution < -0.4 is 5.73 Å². The Morgan fingerprint density at radius 2 is 2.10 bits per heavy atom. The van der Waals surface area contributed by atoms with Crippen LogP contribution in [0.4, 0.5) is 0 Å². The minimum absolute atomic E-state index is 0.0972. The summed E-state index contributed by atoms with van der Waals surface area (Å²) < 4.78 is 1.65. The summed E-state index contributed by atoms with van der Waals surface area (Å²) in [4.78, 5) is 16.9. The van der Waals surface area contributed by atoms with E-state index in [2.05, 4.69) is 10.00 Å². The Kier molecular flexibility index (Phi) is 6.20. The summed E-state index contributed by atoms with van der Waals surface area (Å²) in [5, 5.41) is 4.08. The van der Waals surface area contributed by atoms with Gasteiger partial charge in [0.2, 0.25) is 0 Å². The Labute approximate surface area is 126 Å². The molecule has 6 heteroatoms. The number of carbonyl (C=O) groups is 1. The van der Waals surface area contributed by atoms with E-state index in [1.807, 2.05) is 11.9 Å². The van der Waals surface area contributed by atoms with Gasteiger partial charge in [-0.05, 0) is 45.0 Å². The van der Waals surface area contributed by atoms with Gasteiger partial charge in [0.1, 0.15) is 5.69 Å². The van der Waals surface area contributed by atoms with Gasteiger partial charge in [-0.15, -0.1) is 0 Å². The first kappa shape index (κ1) is 16.0. The summed E-state index contributed by atoms with van der Waals surface area (Å²) in [6.07, 6.45) is 6.23. The van der Waals surface area contributed by atoms with Crippen molar-refractivity contribution >= 4 is 5.91 Å². The van der Waals surface area contributed by atoms with E-state index in [-0.39, 0.29) is 5.91 Å². The van der Waals surface area contributed by atoms with Gasteiger partial charge in [0.05, 0.1) is 0 Å². The van der Waals surface area contributed by atoms with E-state index < -0.39 is 0 Å². The lowest BCUT2D eigenvalue weighted by Crippen LogP contribution is -2.36. The number of unbranched alkanes of at least 4 members (excludes halogenated alkanes) is 2. The fourth-order valence-corrected chi connectivity index (χ4v) is 2.80. The minimum atomic E-state index is 0.0972. The zero-order chi connectivity index (χ0) is 15.1. The van der Waals surface area contributed by atoms with Gasteiger partial charge in [-0.1, -0.05) is 6.42 Å². The van der Waals surface area contributed by atoms with E-state index in [4.69, 9.17) is 5.73 Å². The quantitative estimate of drug-likeness (QED) is 0.784. The highest BCUT2D eigenvalue weighted by molar-refractivity contribution is 5.92. The number of carbonyl (C=O) groups excluding carboxylic acids is 1. The Hall–Kier alpha value is -1.40. The first-order chi connectivity index (χ1) is 10.2. The van der Waals surface area contributed by atoms with Crippen molar-refractivity contribution in [2.45, 2.75) is 25.7 Å². The topological polar surface area (TPSA) is 67.4 Å². The van der Waals surface area contributed by atoms with Crippen LogP contribution in [0.5, 0.6) is 0 Å².